The number of hydrogen-bond donors (Lipinski definition) is 1. The molecule has 0 spiro atoms. The van der Waals surface area contributed by atoms with E-state index in [-0.39, 0.29) is 5.41 Å². The number of aliphatic hydroxyl groups is 1. The van der Waals surface area contributed by atoms with Gasteiger partial charge in [-0.2, -0.15) is 0 Å². The number of benzene rings is 1. The second kappa shape index (κ2) is 4.92. The molecule has 0 radical (unpaired) electrons. The Labute approximate surface area is 125 Å². The van der Waals surface area contributed by atoms with Gasteiger partial charge >= 0.3 is 0 Å². The van der Waals surface area contributed by atoms with Crippen LogP contribution >= 0.6 is 0 Å². The lowest BCUT2D eigenvalue weighted by atomic mass is 9.73. The molecule has 21 heavy (non-hydrogen) atoms. The molecule has 1 aromatic rings. The van der Waals surface area contributed by atoms with Crippen molar-refractivity contribution >= 4 is 0 Å². The van der Waals surface area contributed by atoms with Crippen LogP contribution in [0.5, 0.6) is 0 Å². The normalized spacial score (nSPS) is 25.6. The summed E-state index contributed by atoms with van der Waals surface area (Å²) in [6.45, 7) is 6.42. The lowest BCUT2D eigenvalue weighted by Gasteiger charge is -2.36. The average molecular weight is 286 g/mol. The summed E-state index contributed by atoms with van der Waals surface area (Å²) >= 11 is 0. The van der Waals surface area contributed by atoms with Crippen LogP contribution in [-0.4, -0.2) is 5.11 Å². The van der Waals surface area contributed by atoms with E-state index in [9.17, 15) is 5.11 Å². The summed E-state index contributed by atoms with van der Waals surface area (Å²) in [5.74, 6) is 0. The van der Waals surface area contributed by atoms with Gasteiger partial charge in [0.1, 0.15) is 18.1 Å². The largest absolute Gasteiger partial charge is 0.455 e. The Morgan fingerprint density at radius 3 is 2.48 bits per heavy atom. The van der Waals surface area contributed by atoms with E-state index in [4.69, 9.17) is 9.47 Å². The first-order valence-electron chi connectivity index (χ1n) is 7.42. The van der Waals surface area contributed by atoms with E-state index in [0.717, 1.165) is 23.1 Å². The van der Waals surface area contributed by atoms with Crippen LogP contribution in [0.4, 0.5) is 0 Å². The fraction of sp³-hybridized carbons (Fsp3) is 0.444. The molecule has 1 atom stereocenters. The van der Waals surface area contributed by atoms with Crippen molar-refractivity contribution in [3.8, 4) is 0 Å². The summed E-state index contributed by atoms with van der Waals surface area (Å²) in [5, 5.41) is 11.4. The molecule has 1 aromatic carbocycles. The minimum atomic E-state index is -0.940. The molecule has 0 saturated heterocycles. The molecule has 2 aliphatic rings. The maximum Gasteiger partial charge on any atom is 0.266 e. The third kappa shape index (κ3) is 2.36. The topological polar surface area (TPSA) is 38.7 Å². The van der Waals surface area contributed by atoms with Crippen LogP contribution in [-0.2, 0) is 15.1 Å². The van der Waals surface area contributed by atoms with Crippen molar-refractivity contribution in [2.45, 2.75) is 45.5 Å². The Hall–Kier alpha value is -1.74. The summed E-state index contributed by atoms with van der Waals surface area (Å²) < 4.78 is 10.9. The fourth-order valence-electron chi connectivity index (χ4n) is 3.40. The maximum atomic E-state index is 11.4. The lowest BCUT2D eigenvalue weighted by molar-refractivity contribution is -0.0300. The number of rotatable bonds is 2. The van der Waals surface area contributed by atoms with Gasteiger partial charge in [-0.25, -0.2) is 0 Å². The van der Waals surface area contributed by atoms with Gasteiger partial charge < -0.3 is 14.6 Å². The Balaban J connectivity index is 2.06. The summed E-state index contributed by atoms with van der Waals surface area (Å²) in [4.78, 5) is 0. The van der Waals surface area contributed by atoms with E-state index in [0.29, 0.717) is 6.42 Å². The van der Waals surface area contributed by atoms with Crippen LogP contribution in [0.1, 0.15) is 51.0 Å². The molecule has 3 rings (SSSR count). The number of hydrogen-bond acceptors (Lipinski definition) is 3. The van der Waals surface area contributed by atoms with Gasteiger partial charge in [0.05, 0.1) is 0 Å². The van der Waals surface area contributed by atoms with E-state index < -0.39 is 11.9 Å². The zero-order valence-electron chi connectivity index (χ0n) is 12.8. The zero-order valence-corrected chi connectivity index (χ0v) is 12.8. The minimum absolute atomic E-state index is 0.0754. The summed E-state index contributed by atoms with van der Waals surface area (Å²) in [7, 11) is 0. The van der Waals surface area contributed by atoms with Gasteiger partial charge in [-0.15, -0.1) is 0 Å². The average Bonchev–Trinajstić information content (AvgIpc) is 3.07. The Morgan fingerprint density at radius 2 is 1.81 bits per heavy atom. The van der Waals surface area contributed by atoms with Crippen LogP contribution in [0.2, 0.25) is 0 Å². The summed E-state index contributed by atoms with van der Waals surface area (Å²) in [6, 6.07) is 7.84. The highest BCUT2D eigenvalue weighted by atomic mass is 16.7. The number of ether oxygens (including phenoxy) is 2. The first-order chi connectivity index (χ1) is 9.93. The molecule has 0 saturated carbocycles. The van der Waals surface area contributed by atoms with Crippen molar-refractivity contribution in [1.82, 2.24) is 0 Å². The van der Waals surface area contributed by atoms with Gasteiger partial charge in [-0.1, -0.05) is 51.1 Å². The SMILES string of the molecule is CC(C)(C)C1=CCCC1(O)c1ccccc1C1OC=CO1. The second-order valence-corrected chi connectivity index (χ2v) is 6.73. The highest BCUT2D eigenvalue weighted by molar-refractivity contribution is 5.43. The van der Waals surface area contributed by atoms with E-state index in [1.54, 1.807) is 12.5 Å². The first kappa shape index (κ1) is 14.2. The van der Waals surface area contributed by atoms with Gasteiger partial charge in [0.2, 0.25) is 0 Å². The number of allylic oxidation sites excluding steroid dienone is 1. The van der Waals surface area contributed by atoms with E-state index in [1.165, 1.54) is 0 Å². The molecular weight excluding hydrogens is 264 g/mol. The Bertz CT molecular complexity index is 587. The first-order valence-corrected chi connectivity index (χ1v) is 7.42. The molecule has 3 nitrogen and oxygen atoms in total. The van der Waals surface area contributed by atoms with Crippen LogP contribution in [0.25, 0.3) is 0 Å². The van der Waals surface area contributed by atoms with Crippen molar-refractivity contribution in [3.05, 3.63) is 59.6 Å². The molecule has 3 heteroatoms. The van der Waals surface area contributed by atoms with Crippen molar-refractivity contribution in [2.24, 2.45) is 5.41 Å². The molecule has 1 aliphatic heterocycles. The van der Waals surface area contributed by atoms with Crippen molar-refractivity contribution < 1.29 is 14.6 Å². The monoisotopic (exact) mass is 286 g/mol. The molecule has 1 unspecified atom stereocenters. The molecule has 112 valence electrons. The summed E-state index contributed by atoms with van der Waals surface area (Å²) in [5.41, 5.74) is 1.84. The molecule has 1 aliphatic carbocycles. The third-order valence-electron chi connectivity index (χ3n) is 4.23. The van der Waals surface area contributed by atoms with Gasteiger partial charge in [-0.3, -0.25) is 0 Å². The second-order valence-electron chi connectivity index (χ2n) is 6.73. The van der Waals surface area contributed by atoms with Gasteiger partial charge in [0, 0.05) is 5.56 Å². The molecule has 0 fully saturated rings. The standard InChI is InChI=1S/C18H22O3/c1-17(2,3)15-9-6-10-18(15,19)14-8-5-4-7-13(14)16-20-11-12-21-16/h4-5,7-9,11-12,16,19H,6,10H2,1-3H3. The van der Waals surface area contributed by atoms with Crippen LogP contribution in [0.15, 0.2) is 48.4 Å². The van der Waals surface area contributed by atoms with E-state index in [1.807, 2.05) is 24.3 Å². The predicted molar refractivity (Wildman–Crippen MR) is 81.2 cm³/mol. The Morgan fingerprint density at radius 1 is 1.14 bits per heavy atom. The highest BCUT2D eigenvalue weighted by Gasteiger charge is 2.44. The Kier molecular flexibility index (Phi) is 3.33. The van der Waals surface area contributed by atoms with Crippen LogP contribution in [0.3, 0.4) is 0 Å². The third-order valence-corrected chi connectivity index (χ3v) is 4.23. The predicted octanol–water partition coefficient (Wildman–Crippen LogP) is 4.16. The minimum Gasteiger partial charge on any atom is -0.455 e. The van der Waals surface area contributed by atoms with E-state index >= 15 is 0 Å². The molecule has 1 heterocycles. The smallest absolute Gasteiger partial charge is 0.266 e. The molecule has 0 bridgehead atoms. The highest BCUT2D eigenvalue weighted by Crippen LogP contribution is 2.49. The molecule has 0 amide bonds. The van der Waals surface area contributed by atoms with Gasteiger partial charge in [0.25, 0.3) is 6.29 Å². The van der Waals surface area contributed by atoms with Gasteiger partial charge in [-0.05, 0) is 29.4 Å². The molecular formula is C18H22O3. The lowest BCUT2D eigenvalue weighted by Crippen LogP contribution is -2.33. The molecule has 1 N–H and O–H groups in total. The van der Waals surface area contributed by atoms with Gasteiger partial charge in [0.15, 0.2) is 0 Å². The quantitative estimate of drug-likeness (QED) is 0.830. The fourth-order valence-corrected chi connectivity index (χ4v) is 3.40. The van der Waals surface area contributed by atoms with Crippen molar-refractivity contribution in [2.75, 3.05) is 0 Å². The van der Waals surface area contributed by atoms with E-state index in [2.05, 4.69) is 26.8 Å². The van der Waals surface area contributed by atoms with Crippen LogP contribution < -0.4 is 0 Å². The van der Waals surface area contributed by atoms with Crippen molar-refractivity contribution in [3.63, 3.8) is 0 Å². The molecule has 0 aromatic heterocycles. The zero-order chi connectivity index (χ0) is 15.1. The van der Waals surface area contributed by atoms with Crippen molar-refractivity contribution in [1.29, 1.82) is 0 Å². The van der Waals surface area contributed by atoms with Crippen LogP contribution in [0, 0.1) is 5.41 Å². The maximum absolute atomic E-state index is 11.4. The summed E-state index contributed by atoms with van der Waals surface area (Å²) in [6.07, 6.45) is 6.39.